The summed E-state index contributed by atoms with van der Waals surface area (Å²) in [5.41, 5.74) is 0.662. The van der Waals surface area contributed by atoms with Crippen LogP contribution in [0.3, 0.4) is 0 Å². The first-order valence-corrected chi connectivity index (χ1v) is 7.55. The molecule has 0 radical (unpaired) electrons. The molecule has 0 aliphatic carbocycles. The molecule has 2 aromatic rings. The van der Waals surface area contributed by atoms with Gasteiger partial charge in [-0.3, -0.25) is 4.79 Å². The number of carbonyl (C=O) groups is 1. The van der Waals surface area contributed by atoms with E-state index in [0.717, 1.165) is 25.9 Å². The monoisotopic (exact) mass is 301 g/mol. The van der Waals surface area contributed by atoms with E-state index < -0.39 is 0 Å². The summed E-state index contributed by atoms with van der Waals surface area (Å²) >= 11 is 0. The largest absolute Gasteiger partial charge is 0.486 e. The Morgan fingerprint density at radius 1 is 1.32 bits per heavy atom. The Bertz CT molecular complexity index is 649. The van der Waals surface area contributed by atoms with Crippen molar-refractivity contribution in [2.24, 2.45) is 0 Å². The van der Waals surface area contributed by atoms with Gasteiger partial charge in [0, 0.05) is 25.2 Å². The normalized spacial score (nSPS) is 14.3. The van der Waals surface area contributed by atoms with E-state index in [1.165, 1.54) is 0 Å². The molecule has 1 aliphatic heterocycles. The zero-order valence-corrected chi connectivity index (χ0v) is 12.6. The van der Waals surface area contributed by atoms with E-state index in [0.29, 0.717) is 23.7 Å². The summed E-state index contributed by atoms with van der Waals surface area (Å²) in [5, 5.41) is 11.4. The van der Waals surface area contributed by atoms with Crippen molar-refractivity contribution in [3.05, 3.63) is 35.7 Å². The number of rotatable bonds is 5. The molecule has 1 amide bonds. The Balaban J connectivity index is 1.67. The van der Waals surface area contributed by atoms with Gasteiger partial charge in [0.25, 0.3) is 5.91 Å². The number of carbonyl (C=O) groups excluding carboxylic acids is 1. The first kappa shape index (κ1) is 14.5. The van der Waals surface area contributed by atoms with Crippen LogP contribution in [-0.4, -0.2) is 44.1 Å². The van der Waals surface area contributed by atoms with Crippen molar-refractivity contribution in [3.8, 4) is 5.75 Å². The molecule has 1 aromatic heterocycles. The predicted octanol–water partition coefficient (Wildman–Crippen LogP) is 1.51. The Hall–Kier alpha value is -2.44. The van der Waals surface area contributed by atoms with Crippen LogP contribution in [0, 0.1) is 0 Å². The Kier molecular flexibility index (Phi) is 4.32. The number of amides is 1. The standard InChI is InChI=1S/C15H19N5O2/c1-2-20-14(16-17-18-20)11-22-13-7-5-6-12(10-13)15(21)19-8-3-4-9-19/h5-7,10H,2-4,8-9,11H2,1H3. The average Bonchev–Trinajstić information content (AvgIpc) is 3.23. The van der Waals surface area contributed by atoms with Crippen molar-refractivity contribution < 1.29 is 9.53 Å². The highest BCUT2D eigenvalue weighted by molar-refractivity contribution is 5.94. The minimum atomic E-state index is 0.0707. The van der Waals surface area contributed by atoms with Gasteiger partial charge in [-0.25, -0.2) is 4.68 Å². The van der Waals surface area contributed by atoms with Crippen LogP contribution in [0.5, 0.6) is 5.75 Å². The van der Waals surface area contributed by atoms with Crippen molar-refractivity contribution in [1.82, 2.24) is 25.1 Å². The number of tetrazole rings is 1. The van der Waals surface area contributed by atoms with Crippen molar-refractivity contribution in [2.75, 3.05) is 13.1 Å². The third-order valence-electron chi connectivity index (χ3n) is 3.75. The number of aryl methyl sites for hydroxylation is 1. The quantitative estimate of drug-likeness (QED) is 0.837. The zero-order chi connectivity index (χ0) is 15.4. The number of hydrogen-bond donors (Lipinski definition) is 0. The predicted molar refractivity (Wildman–Crippen MR) is 79.4 cm³/mol. The molecule has 1 aliphatic rings. The van der Waals surface area contributed by atoms with Gasteiger partial charge in [-0.05, 0) is 48.4 Å². The molecule has 7 nitrogen and oxygen atoms in total. The molecule has 2 heterocycles. The van der Waals surface area contributed by atoms with Crippen LogP contribution in [0.15, 0.2) is 24.3 Å². The topological polar surface area (TPSA) is 73.1 Å². The first-order chi connectivity index (χ1) is 10.8. The van der Waals surface area contributed by atoms with Crippen LogP contribution in [0.4, 0.5) is 0 Å². The summed E-state index contributed by atoms with van der Waals surface area (Å²) in [6.45, 7) is 4.63. The van der Waals surface area contributed by atoms with Crippen molar-refractivity contribution in [3.63, 3.8) is 0 Å². The molecule has 3 rings (SSSR count). The lowest BCUT2D eigenvalue weighted by atomic mass is 10.2. The van der Waals surface area contributed by atoms with Crippen molar-refractivity contribution in [1.29, 1.82) is 0 Å². The third kappa shape index (κ3) is 3.08. The van der Waals surface area contributed by atoms with Crippen LogP contribution in [0.1, 0.15) is 35.9 Å². The number of hydrogen-bond acceptors (Lipinski definition) is 5. The number of benzene rings is 1. The highest BCUT2D eigenvalue weighted by Crippen LogP contribution is 2.18. The molecule has 1 fully saturated rings. The maximum Gasteiger partial charge on any atom is 0.253 e. The van der Waals surface area contributed by atoms with Crippen LogP contribution in [0.25, 0.3) is 0 Å². The fourth-order valence-corrected chi connectivity index (χ4v) is 2.54. The second-order valence-corrected chi connectivity index (χ2v) is 5.23. The van der Waals surface area contributed by atoms with Gasteiger partial charge in [0.2, 0.25) is 0 Å². The maximum atomic E-state index is 12.4. The molecule has 0 N–H and O–H groups in total. The SMILES string of the molecule is CCn1nnnc1COc1cccc(C(=O)N2CCCC2)c1. The highest BCUT2D eigenvalue weighted by Gasteiger charge is 2.19. The second-order valence-electron chi connectivity index (χ2n) is 5.23. The Morgan fingerprint density at radius 2 is 2.14 bits per heavy atom. The number of likely N-dealkylation sites (tertiary alicyclic amines) is 1. The molecular formula is C15H19N5O2. The van der Waals surface area contributed by atoms with E-state index in [9.17, 15) is 4.79 Å². The molecule has 0 atom stereocenters. The van der Waals surface area contributed by atoms with Gasteiger partial charge in [-0.2, -0.15) is 0 Å². The summed E-state index contributed by atoms with van der Waals surface area (Å²) < 4.78 is 7.39. The molecule has 0 bridgehead atoms. The number of nitrogens with zero attached hydrogens (tertiary/aromatic N) is 5. The molecular weight excluding hydrogens is 282 g/mol. The van der Waals surface area contributed by atoms with Gasteiger partial charge in [0.15, 0.2) is 5.82 Å². The molecule has 0 spiro atoms. The smallest absolute Gasteiger partial charge is 0.253 e. The molecule has 1 saturated heterocycles. The summed E-state index contributed by atoms with van der Waals surface area (Å²) in [6, 6.07) is 7.27. The van der Waals surface area contributed by atoms with Gasteiger partial charge in [0.05, 0.1) is 0 Å². The summed E-state index contributed by atoms with van der Waals surface area (Å²) in [4.78, 5) is 14.3. The van der Waals surface area contributed by atoms with Gasteiger partial charge in [-0.15, -0.1) is 5.10 Å². The third-order valence-corrected chi connectivity index (χ3v) is 3.75. The molecule has 116 valence electrons. The van der Waals surface area contributed by atoms with E-state index >= 15 is 0 Å². The first-order valence-electron chi connectivity index (χ1n) is 7.55. The van der Waals surface area contributed by atoms with E-state index in [-0.39, 0.29) is 12.5 Å². The lowest BCUT2D eigenvalue weighted by Crippen LogP contribution is -2.27. The minimum absolute atomic E-state index is 0.0707. The second kappa shape index (κ2) is 6.55. The molecule has 0 saturated carbocycles. The minimum Gasteiger partial charge on any atom is -0.486 e. The van der Waals surface area contributed by atoms with Gasteiger partial charge < -0.3 is 9.64 Å². The molecule has 0 unspecified atom stereocenters. The van der Waals surface area contributed by atoms with Crippen molar-refractivity contribution >= 4 is 5.91 Å². The zero-order valence-electron chi connectivity index (χ0n) is 12.6. The van der Waals surface area contributed by atoms with Crippen LogP contribution in [-0.2, 0) is 13.2 Å². The molecule has 1 aromatic carbocycles. The lowest BCUT2D eigenvalue weighted by molar-refractivity contribution is 0.0792. The maximum absolute atomic E-state index is 12.4. The fraction of sp³-hybridized carbons (Fsp3) is 0.467. The lowest BCUT2D eigenvalue weighted by Gasteiger charge is -2.15. The van der Waals surface area contributed by atoms with E-state index in [1.54, 1.807) is 10.7 Å². The van der Waals surface area contributed by atoms with E-state index in [2.05, 4.69) is 15.5 Å². The highest BCUT2D eigenvalue weighted by atomic mass is 16.5. The van der Waals surface area contributed by atoms with Crippen LogP contribution in [0.2, 0.25) is 0 Å². The summed E-state index contributed by atoms with van der Waals surface area (Å²) in [6.07, 6.45) is 2.17. The van der Waals surface area contributed by atoms with E-state index in [1.807, 2.05) is 30.0 Å². The summed E-state index contributed by atoms with van der Waals surface area (Å²) in [7, 11) is 0. The molecule has 7 heteroatoms. The molecule has 22 heavy (non-hydrogen) atoms. The average molecular weight is 301 g/mol. The number of aromatic nitrogens is 4. The number of ether oxygens (including phenoxy) is 1. The van der Waals surface area contributed by atoms with Gasteiger partial charge in [0.1, 0.15) is 12.4 Å². The summed E-state index contributed by atoms with van der Waals surface area (Å²) in [5.74, 6) is 1.39. The van der Waals surface area contributed by atoms with Gasteiger partial charge >= 0.3 is 0 Å². The fourth-order valence-electron chi connectivity index (χ4n) is 2.54. The van der Waals surface area contributed by atoms with E-state index in [4.69, 9.17) is 4.74 Å². The van der Waals surface area contributed by atoms with Crippen LogP contribution >= 0.6 is 0 Å². The van der Waals surface area contributed by atoms with Gasteiger partial charge in [-0.1, -0.05) is 6.07 Å². The van der Waals surface area contributed by atoms with Crippen molar-refractivity contribution in [2.45, 2.75) is 32.9 Å². The Labute approximate surface area is 128 Å². The Morgan fingerprint density at radius 3 is 2.91 bits per heavy atom. The van der Waals surface area contributed by atoms with Crippen LogP contribution < -0.4 is 4.74 Å².